The highest BCUT2D eigenvalue weighted by Crippen LogP contribution is 2.27. The summed E-state index contributed by atoms with van der Waals surface area (Å²) in [6, 6.07) is 10.3. The van der Waals surface area contributed by atoms with Crippen molar-refractivity contribution >= 4 is 28.2 Å². The molecule has 0 saturated carbocycles. The van der Waals surface area contributed by atoms with Crippen molar-refractivity contribution in [3.63, 3.8) is 0 Å². The zero-order valence-electron chi connectivity index (χ0n) is 15.4. The normalized spacial score (nSPS) is 16.1. The smallest absolute Gasteiger partial charge is 0.197 e. The average Bonchev–Trinajstić information content (AvgIpc) is 3.23. The van der Waals surface area contributed by atoms with Gasteiger partial charge in [-0.25, -0.2) is 9.97 Å². The van der Waals surface area contributed by atoms with E-state index in [0.717, 1.165) is 73.0 Å². The van der Waals surface area contributed by atoms with E-state index in [9.17, 15) is 0 Å². The molecule has 8 heteroatoms. The van der Waals surface area contributed by atoms with Crippen LogP contribution in [0, 0.1) is 0 Å². The molecule has 2 aliphatic rings. The maximum absolute atomic E-state index is 4.87. The number of rotatable bonds is 3. The Balaban J connectivity index is 1.34. The van der Waals surface area contributed by atoms with Gasteiger partial charge in [-0.2, -0.15) is 0 Å². The number of pyridine rings is 2. The van der Waals surface area contributed by atoms with Crippen LogP contribution < -0.4 is 15.5 Å². The molecular weight excluding hydrogens is 370 g/mol. The van der Waals surface area contributed by atoms with Gasteiger partial charge in [0.05, 0.1) is 17.9 Å². The average molecular weight is 392 g/mol. The van der Waals surface area contributed by atoms with Gasteiger partial charge in [-0.3, -0.25) is 9.98 Å². The van der Waals surface area contributed by atoms with Crippen molar-refractivity contribution in [2.75, 3.05) is 29.9 Å². The molecule has 3 aromatic rings. The highest BCUT2D eigenvalue weighted by Gasteiger charge is 2.19. The summed E-state index contributed by atoms with van der Waals surface area (Å²) in [7, 11) is 0. The van der Waals surface area contributed by atoms with Crippen LogP contribution in [0.15, 0.2) is 46.9 Å². The first kappa shape index (κ1) is 17.1. The van der Waals surface area contributed by atoms with E-state index in [1.54, 1.807) is 11.3 Å². The highest BCUT2D eigenvalue weighted by atomic mass is 32.1. The fourth-order valence-electron chi connectivity index (χ4n) is 3.46. The summed E-state index contributed by atoms with van der Waals surface area (Å²) < 4.78 is 0. The minimum atomic E-state index is 0.794. The molecule has 0 bridgehead atoms. The van der Waals surface area contributed by atoms with E-state index in [2.05, 4.69) is 42.6 Å². The SMILES string of the molecule is c1cc(-c2csc(NC3=NCCCN3)n2)nc(N2CCc3cccnc3C2)c1. The Bertz CT molecular complexity index is 1010. The van der Waals surface area contributed by atoms with Crippen molar-refractivity contribution < 1.29 is 0 Å². The second kappa shape index (κ2) is 7.55. The van der Waals surface area contributed by atoms with Crippen LogP contribution >= 0.6 is 11.3 Å². The number of guanidine groups is 1. The lowest BCUT2D eigenvalue weighted by molar-refractivity contribution is 0.701. The summed E-state index contributed by atoms with van der Waals surface area (Å²) in [6.07, 6.45) is 3.93. The topological polar surface area (TPSA) is 78.3 Å². The molecule has 5 rings (SSSR count). The molecule has 5 heterocycles. The van der Waals surface area contributed by atoms with Crippen molar-refractivity contribution in [3.05, 3.63) is 53.2 Å². The predicted octanol–water partition coefficient (Wildman–Crippen LogP) is 2.92. The number of hydrogen-bond donors (Lipinski definition) is 2. The number of aromatic nitrogens is 3. The number of hydrogen-bond acceptors (Lipinski definition) is 8. The largest absolute Gasteiger partial charge is 0.356 e. The summed E-state index contributed by atoms with van der Waals surface area (Å²) in [6.45, 7) is 3.54. The van der Waals surface area contributed by atoms with Crippen molar-refractivity contribution in [2.24, 2.45) is 4.99 Å². The van der Waals surface area contributed by atoms with Gasteiger partial charge in [-0.15, -0.1) is 11.3 Å². The van der Waals surface area contributed by atoms with Crippen LogP contribution in [0.4, 0.5) is 10.9 Å². The first-order chi connectivity index (χ1) is 13.8. The second-order valence-corrected chi connectivity index (χ2v) is 7.69. The quantitative estimate of drug-likeness (QED) is 0.715. The zero-order valence-corrected chi connectivity index (χ0v) is 16.2. The van der Waals surface area contributed by atoms with Crippen LogP contribution in [0.1, 0.15) is 17.7 Å². The minimum Gasteiger partial charge on any atom is -0.356 e. The molecule has 0 radical (unpaired) electrons. The van der Waals surface area contributed by atoms with E-state index in [-0.39, 0.29) is 0 Å². The van der Waals surface area contributed by atoms with Crippen LogP contribution in [-0.2, 0) is 13.0 Å². The first-order valence-corrected chi connectivity index (χ1v) is 10.4. The van der Waals surface area contributed by atoms with Gasteiger partial charge in [0.2, 0.25) is 0 Å². The van der Waals surface area contributed by atoms with Gasteiger partial charge >= 0.3 is 0 Å². The maximum atomic E-state index is 4.87. The number of thiazole rings is 1. The Hall–Kier alpha value is -3.00. The molecule has 0 saturated heterocycles. The lowest BCUT2D eigenvalue weighted by atomic mass is 10.1. The summed E-state index contributed by atoms with van der Waals surface area (Å²) >= 11 is 1.56. The molecule has 0 atom stereocenters. The molecule has 0 spiro atoms. The zero-order chi connectivity index (χ0) is 18.8. The van der Waals surface area contributed by atoms with Crippen LogP contribution in [0.3, 0.4) is 0 Å². The Labute approximate surface area is 167 Å². The summed E-state index contributed by atoms with van der Waals surface area (Å²) in [5.74, 6) is 1.77. The lowest BCUT2D eigenvalue weighted by Gasteiger charge is -2.29. The Morgan fingerprint density at radius 2 is 2.11 bits per heavy atom. The summed E-state index contributed by atoms with van der Waals surface area (Å²) in [4.78, 5) is 20.8. The molecule has 2 aliphatic heterocycles. The van der Waals surface area contributed by atoms with Gasteiger partial charge in [0.1, 0.15) is 11.5 Å². The third-order valence-electron chi connectivity index (χ3n) is 4.92. The molecule has 0 unspecified atom stereocenters. The first-order valence-electron chi connectivity index (χ1n) is 9.51. The second-order valence-electron chi connectivity index (χ2n) is 6.84. The van der Waals surface area contributed by atoms with Gasteiger partial charge in [-0.05, 0) is 36.6 Å². The predicted molar refractivity (Wildman–Crippen MR) is 113 cm³/mol. The molecule has 0 fully saturated rings. The Morgan fingerprint density at radius 1 is 1.11 bits per heavy atom. The monoisotopic (exact) mass is 391 g/mol. The van der Waals surface area contributed by atoms with Gasteiger partial charge < -0.3 is 15.5 Å². The van der Waals surface area contributed by atoms with Crippen molar-refractivity contribution in [1.82, 2.24) is 20.3 Å². The van der Waals surface area contributed by atoms with E-state index < -0.39 is 0 Å². The molecule has 2 N–H and O–H groups in total. The molecule has 28 heavy (non-hydrogen) atoms. The van der Waals surface area contributed by atoms with E-state index in [0.29, 0.717) is 0 Å². The van der Waals surface area contributed by atoms with Crippen LogP contribution in [0.2, 0.25) is 0 Å². The van der Waals surface area contributed by atoms with Gasteiger partial charge in [-0.1, -0.05) is 12.1 Å². The standard InChI is InChI=1S/C20H21N7S/c1-5-15(17-13-28-20(25-17)26-19-22-9-3-10-23-19)24-18(6-1)27-11-7-14-4-2-8-21-16(14)12-27/h1-2,4-6,8,13H,3,7,9-12H2,(H2,22,23,25,26). The van der Waals surface area contributed by atoms with Gasteiger partial charge in [0.15, 0.2) is 11.1 Å². The van der Waals surface area contributed by atoms with Crippen LogP contribution in [0.5, 0.6) is 0 Å². The van der Waals surface area contributed by atoms with Crippen LogP contribution in [-0.4, -0.2) is 40.5 Å². The molecule has 0 amide bonds. The maximum Gasteiger partial charge on any atom is 0.197 e. The van der Waals surface area contributed by atoms with Crippen molar-refractivity contribution in [3.8, 4) is 11.4 Å². The van der Waals surface area contributed by atoms with E-state index >= 15 is 0 Å². The highest BCUT2D eigenvalue weighted by molar-refractivity contribution is 7.14. The fraction of sp³-hybridized carbons (Fsp3) is 0.300. The fourth-order valence-corrected chi connectivity index (χ4v) is 4.16. The third kappa shape index (κ3) is 3.55. The Morgan fingerprint density at radius 3 is 3.04 bits per heavy atom. The molecule has 0 aliphatic carbocycles. The lowest BCUT2D eigenvalue weighted by Crippen LogP contribution is -2.35. The van der Waals surface area contributed by atoms with Gasteiger partial charge in [0.25, 0.3) is 0 Å². The third-order valence-corrected chi connectivity index (χ3v) is 5.68. The molecule has 7 nitrogen and oxygen atoms in total. The molecule has 0 aromatic carbocycles. The van der Waals surface area contributed by atoms with Crippen LogP contribution in [0.25, 0.3) is 11.4 Å². The number of nitrogens with zero attached hydrogens (tertiary/aromatic N) is 5. The minimum absolute atomic E-state index is 0.794. The number of aliphatic imine (C=N–C) groups is 1. The van der Waals surface area contributed by atoms with E-state index in [1.165, 1.54) is 5.56 Å². The Kier molecular flexibility index (Phi) is 4.62. The van der Waals surface area contributed by atoms with Crippen molar-refractivity contribution in [2.45, 2.75) is 19.4 Å². The number of fused-ring (bicyclic) bond motifs is 1. The van der Waals surface area contributed by atoms with Gasteiger partial charge in [0, 0.05) is 31.2 Å². The molecular formula is C20H21N7S. The molecule has 142 valence electrons. The van der Waals surface area contributed by atoms with E-state index in [4.69, 9.17) is 4.98 Å². The molecule has 3 aromatic heterocycles. The number of anilines is 2. The van der Waals surface area contributed by atoms with Crippen molar-refractivity contribution in [1.29, 1.82) is 0 Å². The number of nitrogens with one attached hydrogen (secondary N) is 2. The van der Waals surface area contributed by atoms with E-state index in [1.807, 2.05) is 29.8 Å². The summed E-state index contributed by atoms with van der Waals surface area (Å²) in [5, 5.41) is 9.37. The summed E-state index contributed by atoms with van der Waals surface area (Å²) in [5.41, 5.74) is 4.24.